The lowest BCUT2D eigenvalue weighted by Gasteiger charge is -2.47. The summed E-state index contributed by atoms with van der Waals surface area (Å²) in [5.41, 5.74) is 4.57. The molecule has 0 radical (unpaired) electrons. The van der Waals surface area contributed by atoms with Crippen molar-refractivity contribution in [1.82, 2.24) is 4.90 Å². The van der Waals surface area contributed by atoms with E-state index in [2.05, 4.69) is 53.8 Å². The number of ether oxygens (including phenoxy) is 1. The summed E-state index contributed by atoms with van der Waals surface area (Å²) >= 11 is 9.74. The van der Waals surface area contributed by atoms with Crippen LogP contribution in [-0.2, 0) is 14.4 Å². The van der Waals surface area contributed by atoms with Gasteiger partial charge < -0.3 is 15.0 Å². The van der Waals surface area contributed by atoms with Crippen LogP contribution in [0.3, 0.4) is 0 Å². The van der Waals surface area contributed by atoms with Gasteiger partial charge in [0.15, 0.2) is 18.2 Å². The van der Waals surface area contributed by atoms with Crippen LogP contribution in [0.15, 0.2) is 69.5 Å². The van der Waals surface area contributed by atoms with Crippen molar-refractivity contribution in [3.63, 3.8) is 0 Å². The van der Waals surface area contributed by atoms with Crippen molar-refractivity contribution in [2.24, 2.45) is 10.8 Å². The predicted molar refractivity (Wildman–Crippen MR) is 160 cm³/mol. The van der Waals surface area contributed by atoms with Gasteiger partial charge in [-0.1, -0.05) is 57.5 Å². The molecule has 40 heavy (non-hydrogen) atoms. The van der Waals surface area contributed by atoms with Crippen molar-refractivity contribution in [1.29, 1.82) is 0 Å². The van der Waals surface area contributed by atoms with E-state index in [1.54, 1.807) is 30.3 Å². The van der Waals surface area contributed by atoms with Crippen LogP contribution < -0.4 is 10.1 Å². The third-order valence-electron chi connectivity index (χ3n) is 7.98. The van der Waals surface area contributed by atoms with Gasteiger partial charge in [-0.05, 0) is 69.4 Å². The Balaban J connectivity index is 1.47. The van der Waals surface area contributed by atoms with Crippen LogP contribution in [0.25, 0.3) is 0 Å². The number of amides is 1. The number of rotatable bonds is 5. The van der Waals surface area contributed by atoms with Gasteiger partial charge in [-0.25, -0.2) is 0 Å². The molecule has 2 aromatic carbocycles. The fourth-order valence-electron chi connectivity index (χ4n) is 6.20. The molecule has 1 aliphatic heterocycles. The van der Waals surface area contributed by atoms with Gasteiger partial charge in [-0.2, -0.15) is 0 Å². The SMILES string of the molecule is CN1C2=C(C(=O)CC(C)(C)C2)C(c2ccc(OCC(=O)Nc3ccccc3Cl)c(Br)c2)C2=C1CC(C)(C)CC2=O. The molecular weight excluding hydrogens is 592 g/mol. The van der Waals surface area contributed by atoms with Crippen LogP contribution in [0.1, 0.15) is 64.9 Å². The maximum atomic E-state index is 13.7. The zero-order chi connectivity index (χ0) is 29.0. The van der Waals surface area contributed by atoms with Gasteiger partial charge in [0.1, 0.15) is 5.75 Å². The first kappa shape index (κ1) is 28.6. The molecule has 2 aliphatic carbocycles. The Morgan fingerprint density at radius 2 is 1.55 bits per heavy atom. The molecule has 1 amide bonds. The third kappa shape index (κ3) is 5.51. The number of anilines is 1. The van der Waals surface area contributed by atoms with Crippen LogP contribution in [-0.4, -0.2) is 36.0 Å². The van der Waals surface area contributed by atoms with Crippen LogP contribution in [0.2, 0.25) is 5.02 Å². The lowest BCUT2D eigenvalue weighted by Crippen LogP contribution is -2.43. The summed E-state index contributed by atoms with van der Waals surface area (Å²) in [4.78, 5) is 42.0. The first-order chi connectivity index (χ1) is 18.8. The maximum absolute atomic E-state index is 13.7. The summed E-state index contributed by atoms with van der Waals surface area (Å²) in [7, 11) is 2.00. The molecule has 1 heterocycles. The molecule has 0 saturated carbocycles. The monoisotopic (exact) mass is 624 g/mol. The van der Waals surface area contributed by atoms with Gasteiger partial charge in [0.25, 0.3) is 5.91 Å². The van der Waals surface area contributed by atoms with E-state index in [4.69, 9.17) is 16.3 Å². The Bertz CT molecular complexity index is 1440. The minimum Gasteiger partial charge on any atom is -0.483 e. The Morgan fingerprint density at radius 3 is 2.10 bits per heavy atom. The summed E-state index contributed by atoms with van der Waals surface area (Å²) in [6.45, 7) is 8.30. The summed E-state index contributed by atoms with van der Waals surface area (Å²) in [5.74, 6) is -0.0846. The number of hydrogen-bond acceptors (Lipinski definition) is 5. The van der Waals surface area contributed by atoms with E-state index in [1.807, 2.05) is 19.2 Å². The van der Waals surface area contributed by atoms with Gasteiger partial charge in [0, 0.05) is 48.3 Å². The summed E-state index contributed by atoms with van der Waals surface area (Å²) < 4.78 is 6.46. The molecule has 5 rings (SSSR count). The van der Waals surface area contributed by atoms with Crippen molar-refractivity contribution in [2.45, 2.75) is 59.3 Å². The minimum absolute atomic E-state index is 0.0972. The topological polar surface area (TPSA) is 75.7 Å². The second-order valence-electron chi connectivity index (χ2n) is 12.6. The number of allylic oxidation sites excluding steroid dienone is 4. The molecule has 0 saturated heterocycles. The molecule has 3 aliphatic rings. The molecule has 0 bridgehead atoms. The van der Waals surface area contributed by atoms with E-state index >= 15 is 0 Å². The number of carbonyl (C=O) groups is 3. The van der Waals surface area contributed by atoms with E-state index in [-0.39, 0.29) is 34.9 Å². The molecule has 0 unspecified atom stereocenters. The Kier molecular flexibility index (Phi) is 7.51. The van der Waals surface area contributed by atoms with Gasteiger partial charge in [0.2, 0.25) is 0 Å². The number of halogens is 2. The summed E-state index contributed by atoms with van der Waals surface area (Å²) in [6, 6.07) is 12.6. The fraction of sp³-hybridized carbons (Fsp3) is 0.406. The lowest BCUT2D eigenvalue weighted by molar-refractivity contribution is -0.120. The largest absolute Gasteiger partial charge is 0.483 e. The van der Waals surface area contributed by atoms with E-state index in [9.17, 15) is 14.4 Å². The van der Waals surface area contributed by atoms with E-state index < -0.39 is 5.92 Å². The molecule has 0 fully saturated rings. The predicted octanol–water partition coefficient (Wildman–Crippen LogP) is 7.44. The van der Waals surface area contributed by atoms with Gasteiger partial charge in [-0.3, -0.25) is 14.4 Å². The average molecular weight is 626 g/mol. The highest BCUT2D eigenvalue weighted by Crippen LogP contribution is 2.54. The summed E-state index contributed by atoms with van der Waals surface area (Å²) in [6.07, 6.45) is 2.44. The number of hydrogen-bond donors (Lipinski definition) is 1. The second kappa shape index (κ2) is 10.5. The van der Waals surface area contributed by atoms with E-state index in [0.717, 1.165) is 40.9 Å². The lowest BCUT2D eigenvalue weighted by atomic mass is 9.64. The van der Waals surface area contributed by atoms with Crippen molar-refractivity contribution >= 4 is 50.7 Å². The van der Waals surface area contributed by atoms with Crippen molar-refractivity contribution in [3.05, 3.63) is 80.1 Å². The number of nitrogens with zero attached hydrogens (tertiary/aromatic N) is 1. The number of carbonyl (C=O) groups excluding carboxylic acids is 3. The number of nitrogens with one attached hydrogen (secondary N) is 1. The third-order valence-corrected chi connectivity index (χ3v) is 8.93. The van der Waals surface area contributed by atoms with Crippen LogP contribution in [0.5, 0.6) is 5.75 Å². The molecule has 8 heteroatoms. The number of para-hydroxylation sites is 1. The first-order valence-corrected chi connectivity index (χ1v) is 14.7. The Morgan fingerprint density at radius 1 is 0.975 bits per heavy atom. The van der Waals surface area contributed by atoms with Crippen LogP contribution in [0, 0.1) is 10.8 Å². The van der Waals surface area contributed by atoms with Crippen LogP contribution >= 0.6 is 27.5 Å². The van der Waals surface area contributed by atoms with Gasteiger partial charge >= 0.3 is 0 Å². The van der Waals surface area contributed by atoms with Crippen molar-refractivity contribution < 1.29 is 19.1 Å². The van der Waals surface area contributed by atoms with E-state index in [1.165, 1.54) is 0 Å². The second-order valence-corrected chi connectivity index (χ2v) is 13.9. The van der Waals surface area contributed by atoms with Gasteiger partial charge in [0.05, 0.1) is 15.2 Å². The highest BCUT2D eigenvalue weighted by Gasteiger charge is 2.48. The molecular formula is C32H34BrClN2O4. The number of Topliss-reactive ketones (excluding diaryl/α,β-unsaturated/α-hetero) is 2. The zero-order valence-electron chi connectivity index (χ0n) is 23.5. The summed E-state index contributed by atoms with van der Waals surface area (Å²) in [5, 5.41) is 3.20. The maximum Gasteiger partial charge on any atom is 0.262 e. The molecule has 0 atom stereocenters. The molecule has 6 nitrogen and oxygen atoms in total. The normalized spacial score (nSPS) is 20.3. The molecule has 0 spiro atoms. The van der Waals surface area contributed by atoms with Gasteiger partial charge in [-0.15, -0.1) is 0 Å². The first-order valence-electron chi connectivity index (χ1n) is 13.5. The number of benzene rings is 2. The molecule has 210 valence electrons. The fourth-order valence-corrected chi connectivity index (χ4v) is 6.90. The minimum atomic E-state index is -0.428. The smallest absolute Gasteiger partial charge is 0.262 e. The molecule has 2 aromatic rings. The highest BCUT2D eigenvalue weighted by molar-refractivity contribution is 9.10. The Hall–Kier alpha value is -2.90. The van der Waals surface area contributed by atoms with E-state index in [0.29, 0.717) is 33.8 Å². The highest BCUT2D eigenvalue weighted by atomic mass is 79.9. The van der Waals surface area contributed by atoms with Crippen molar-refractivity contribution in [2.75, 3.05) is 19.0 Å². The Labute approximate surface area is 248 Å². The van der Waals surface area contributed by atoms with Crippen LogP contribution in [0.4, 0.5) is 5.69 Å². The van der Waals surface area contributed by atoms with Crippen molar-refractivity contribution in [3.8, 4) is 5.75 Å². The zero-order valence-corrected chi connectivity index (χ0v) is 25.8. The average Bonchev–Trinajstić information content (AvgIpc) is 2.85. The molecule has 1 N–H and O–H groups in total. The quantitative estimate of drug-likeness (QED) is 0.374. The number of ketones is 2. The molecule has 0 aromatic heterocycles. The standard InChI is InChI=1S/C32H34BrClN2O4/c1-31(2)13-22-29(24(37)15-31)28(30-23(36(22)5)14-32(3,4)16-25(30)38)18-10-11-26(19(33)12-18)40-17-27(39)35-21-9-7-6-8-20(21)34/h6-12,28H,13-17H2,1-5H3,(H,35,39).